The van der Waals surface area contributed by atoms with Crippen LogP contribution in [0.25, 0.3) is 0 Å². The molecule has 0 aromatic carbocycles. The van der Waals surface area contributed by atoms with Crippen molar-refractivity contribution in [3.05, 3.63) is 28.7 Å². The lowest BCUT2D eigenvalue weighted by Gasteiger charge is -2.20. The SMILES string of the molecule is CCOn1cccc(S(=O)(=O)NC(C)(C)C)c1=O. The normalized spacial score (nSPS) is 12.4. The van der Waals surface area contributed by atoms with Crippen molar-refractivity contribution in [3.63, 3.8) is 0 Å². The maximum Gasteiger partial charge on any atom is 0.303 e. The molecule has 0 bridgehead atoms. The molecule has 0 amide bonds. The van der Waals surface area contributed by atoms with Crippen LogP contribution in [0.2, 0.25) is 0 Å². The predicted octanol–water partition coefficient (Wildman–Crippen LogP) is 0.374. The number of hydrogen-bond acceptors (Lipinski definition) is 4. The van der Waals surface area contributed by atoms with Gasteiger partial charge in [0.2, 0.25) is 10.0 Å². The molecule has 0 aliphatic rings. The van der Waals surface area contributed by atoms with Crippen LogP contribution >= 0.6 is 0 Å². The molecular weight excluding hydrogens is 256 g/mol. The summed E-state index contributed by atoms with van der Waals surface area (Å²) < 4.78 is 27.4. The highest BCUT2D eigenvalue weighted by Crippen LogP contribution is 2.08. The van der Waals surface area contributed by atoms with Crippen molar-refractivity contribution < 1.29 is 13.3 Å². The Hall–Kier alpha value is -1.34. The van der Waals surface area contributed by atoms with Crippen LogP contribution in [0.1, 0.15) is 27.7 Å². The van der Waals surface area contributed by atoms with Crippen LogP contribution in [0.5, 0.6) is 0 Å². The molecule has 1 N–H and O–H groups in total. The van der Waals surface area contributed by atoms with Crippen molar-refractivity contribution in [1.82, 2.24) is 9.45 Å². The molecule has 0 aliphatic carbocycles. The zero-order valence-corrected chi connectivity index (χ0v) is 11.7. The fourth-order valence-corrected chi connectivity index (χ4v) is 2.85. The van der Waals surface area contributed by atoms with Crippen LogP contribution in [-0.2, 0) is 10.0 Å². The van der Waals surface area contributed by atoms with E-state index >= 15 is 0 Å². The first-order valence-electron chi connectivity index (χ1n) is 5.56. The second-order valence-corrected chi connectivity index (χ2v) is 6.43. The Morgan fingerprint density at radius 3 is 2.50 bits per heavy atom. The second-order valence-electron chi connectivity index (χ2n) is 4.78. The van der Waals surface area contributed by atoms with Gasteiger partial charge in [-0.15, -0.1) is 0 Å². The van der Waals surface area contributed by atoms with Crippen LogP contribution in [-0.4, -0.2) is 25.3 Å². The Labute approximate surface area is 107 Å². The quantitative estimate of drug-likeness (QED) is 0.860. The van der Waals surface area contributed by atoms with Crippen molar-refractivity contribution in [2.45, 2.75) is 38.1 Å². The molecule has 0 saturated heterocycles. The Morgan fingerprint density at radius 2 is 2.00 bits per heavy atom. The first-order valence-corrected chi connectivity index (χ1v) is 7.04. The van der Waals surface area contributed by atoms with E-state index in [4.69, 9.17) is 4.84 Å². The number of hydrogen-bond donors (Lipinski definition) is 1. The molecule has 0 unspecified atom stereocenters. The van der Waals surface area contributed by atoms with E-state index in [2.05, 4.69) is 4.72 Å². The summed E-state index contributed by atoms with van der Waals surface area (Å²) in [6.45, 7) is 7.09. The van der Waals surface area contributed by atoms with E-state index in [0.717, 1.165) is 4.73 Å². The Kier molecular flexibility index (Phi) is 4.18. The highest BCUT2D eigenvalue weighted by molar-refractivity contribution is 7.89. The molecule has 1 heterocycles. The second kappa shape index (κ2) is 5.11. The lowest BCUT2D eigenvalue weighted by atomic mass is 10.1. The van der Waals surface area contributed by atoms with Gasteiger partial charge in [0.25, 0.3) is 0 Å². The smallest absolute Gasteiger partial charge is 0.303 e. The predicted molar refractivity (Wildman–Crippen MR) is 67.9 cm³/mol. The standard InChI is InChI=1S/C11H18N2O4S/c1-5-17-13-8-6-7-9(10(13)14)18(15,16)12-11(2,3)4/h6-8,12H,5H2,1-4H3. The van der Waals surface area contributed by atoms with E-state index in [1.165, 1.54) is 18.3 Å². The molecular formula is C11H18N2O4S. The van der Waals surface area contributed by atoms with Crippen molar-refractivity contribution in [1.29, 1.82) is 0 Å². The van der Waals surface area contributed by atoms with Gasteiger partial charge in [-0.1, -0.05) is 0 Å². The third-order valence-corrected chi connectivity index (χ3v) is 3.65. The number of pyridine rings is 1. The molecule has 1 aromatic rings. The lowest BCUT2D eigenvalue weighted by Crippen LogP contribution is -2.43. The Morgan fingerprint density at radius 1 is 1.39 bits per heavy atom. The van der Waals surface area contributed by atoms with E-state index in [-0.39, 0.29) is 11.5 Å². The highest BCUT2D eigenvalue weighted by atomic mass is 32.2. The largest absolute Gasteiger partial charge is 0.411 e. The van der Waals surface area contributed by atoms with Gasteiger partial charge in [-0.25, -0.2) is 13.1 Å². The van der Waals surface area contributed by atoms with E-state index < -0.39 is 21.1 Å². The van der Waals surface area contributed by atoms with Crippen molar-refractivity contribution in [3.8, 4) is 0 Å². The summed E-state index contributed by atoms with van der Waals surface area (Å²) in [6.07, 6.45) is 1.38. The topological polar surface area (TPSA) is 77.4 Å². The van der Waals surface area contributed by atoms with Gasteiger partial charge < -0.3 is 4.84 Å². The molecule has 7 heteroatoms. The monoisotopic (exact) mass is 274 g/mol. The van der Waals surface area contributed by atoms with Crippen LogP contribution < -0.4 is 15.1 Å². The van der Waals surface area contributed by atoms with Crippen LogP contribution in [0.3, 0.4) is 0 Å². The maximum atomic E-state index is 12.0. The minimum absolute atomic E-state index is 0.274. The van der Waals surface area contributed by atoms with Gasteiger partial charge in [-0.2, -0.15) is 4.73 Å². The summed E-state index contributed by atoms with van der Waals surface area (Å²) in [7, 11) is -3.85. The first kappa shape index (κ1) is 14.7. The maximum absolute atomic E-state index is 12.0. The number of nitrogens with one attached hydrogen (secondary N) is 1. The van der Waals surface area contributed by atoms with Crippen LogP contribution in [0.15, 0.2) is 28.0 Å². The molecule has 0 aliphatic heterocycles. The minimum atomic E-state index is -3.85. The minimum Gasteiger partial charge on any atom is -0.411 e. The van der Waals surface area contributed by atoms with Crippen molar-refractivity contribution >= 4 is 10.0 Å². The van der Waals surface area contributed by atoms with Crippen molar-refractivity contribution in [2.24, 2.45) is 0 Å². The van der Waals surface area contributed by atoms with Crippen molar-refractivity contribution in [2.75, 3.05) is 6.61 Å². The van der Waals surface area contributed by atoms with Gasteiger partial charge in [-0.05, 0) is 39.8 Å². The fraction of sp³-hybridized carbons (Fsp3) is 0.545. The molecule has 0 radical (unpaired) electrons. The van der Waals surface area contributed by atoms with E-state index in [1.807, 2.05) is 0 Å². The summed E-state index contributed by atoms with van der Waals surface area (Å²) in [4.78, 5) is 16.6. The summed E-state index contributed by atoms with van der Waals surface area (Å²) >= 11 is 0. The third-order valence-electron chi connectivity index (χ3n) is 1.88. The summed E-state index contributed by atoms with van der Waals surface area (Å²) in [6, 6.07) is 2.71. The zero-order valence-electron chi connectivity index (χ0n) is 10.9. The number of nitrogens with zero attached hydrogens (tertiary/aromatic N) is 1. The highest BCUT2D eigenvalue weighted by Gasteiger charge is 2.25. The molecule has 6 nitrogen and oxygen atoms in total. The molecule has 18 heavy (non-hydrogen) atoms. The first-order chi connectivity index (χ1) is 8.17. The van der Waals surface area contributed by atoms with Gasteiger partial charge in [0, 0.05) is 11.7 Å². The molecule has 0 fully saturated rings. The zero-order chi connectivity index (χ0) is 14.0. The van der Waals surface area contributed by atoms with Gasteiger partial charge >= 0.3 is 5.56 Å². The van der Waals surface area contributed by atoms with E-state index in [9.17, 15) is 13.2 Å². The summed E-state index contributed by atoms with van der Waals surface area (Å²) in [5.74, 6) is 0. The van der Waals surface area contributed by atoms with Crippen LogP contribution in [0.4, 0.5) is 0 Å². The van der Waals surface area contributed by atoms with E-state index in [0.29, 0.717) is 0 Å². The molecule has 1 aromatic heterocycles. The number of rotatable bonds is 4. The number of sulfonamides is 1. The average molecular weight is 274 g/mol. The van der Waals surface area contributed by atoms with Crippen LogP contribution in [0, 0.1) is 0 Å². The summed E-state index contributed by atoms with van der Waals surface area (Å²) in [5, 5.41) is 0. The lowest BCUT2D eigenvalue weighted by molar-refractivity contribution is 0.111. The summed E-state index contributed by atoms with van der Waals surface area (Å²) in [5.41, 5.74) is -1.35. The number of aromatic nitrogens is 1. The van der Waals surface area contributed by atoms with Gasteiger partial charge in [-0.3, -0.25) is 4.79 Å². The molecule has 0 saturated carbocycles. The molecule has 102 valence electrons. The third kappa shape index (κ3) is 3.58. The van der Waals surface area contributed by atoms with E-state index in [1.54, 1.807) is 27.7 Å². The van der Waals surface area contributed by atoms with Gasteiger partial charge in [0.1, 0.15) is 6.61 Å². The average Bonchev–Trinajstić information content (AvgIpc) is 2.17. The Bertz CT molecular complexity index is 569. The molecule has 0 spiro atoms. The Balaban J connectivity index is 3.26. The molecule has 0 atom stereocenters. The van der Waals surface area contributed by atoms with Gasteiger partial charge in [0.15, 0.2) is 4.90 Å². The fourth-order valence-electron chi connectivity index (χ4n) is 1.36. The molecule has 1 rings (SSSR count). The van der Waals surface area contributed by atoms with Gasteiger partial charge in [0.05, 0.1) is 0 Å².